The zero-order chi connectivity index (χ0) is 17.7. The predicted octanol–water partition coefficient (Wildman–Crippen LogP) is 2.88. The molecule has 0 unspecified atom stereocenters. The largest absolute Gasteiger partial charge is 0.351 e. The van der Waals surface area contributed by atoms with E-state index in [1.165, 1.54) is 0 Å². The molecule has 1 aliphatic carbocycles. The van der Waals surface area contributed by atoms with Gasteiger partial charge in [0, 0.05) is 42.3 Å². The second kappa shape index (κ2) is 8.29. The first kappa shape index (κ1) is 18.5. The SMILES string of the molecule is CC(C)N(CCNC(=O)c1cccc(NC(=O)C2CC2)c1)C(C)C. The minimum atomic E-state index is -0.106. The summed E-state index contributed by atoms with van der Waals surface area (Å²) in [7, 11) is 0. The summed E-state index contributed by atoms with van der Waals surface area (Å²) in [5.41, 5.74) is 1.26. The zero-order valence-corrected chi connectivity index (χ0v) is 15.1. The van der Waals surface area contributed by atoms with Crippen molar-refractivity contribution >= 4 is 17.5 Å². The fraction of sp³-hybridized carbons (Fsp3) is 0.579. The van der Waals surface area contributed by atoms with E-state index in [2.05, 4.69) is 43.2 Å². The zero-order valence-electron chi connectivity index (χ0n) is 15.1. The van der Waals surface area contributed by atoms with Gasteiger partial charge in [0.1, 0.15) is 0 Å². The lowest BCUT2D eigenvalue weighted by atomic mass is 10.2. The van der Waals surface area contributed by atoms with E-state index in [4.69, 9.17) is 0 Å². The number of hydrogen-bond donors (Lipinski definition) is 2. The Morgan fingerprint density at radius 2 is 1.83 bits per heavy atom. The average Bonchev–Trinajstić information content (AvgIpc) is 3.35. The predicted molar refractivity (Wildman–Crippen MR) is 97.1 cm³/mol. The molecule has 0 aromatic heterocycles. The van der Waals surface area contributed by atoms with Crippen molar-refractivity contribution in [3.63, 3.8) is 0 Å². The van der Waals surface area contributed by atoms with Crippen molar-refractivity contribution in [3.8, 4) is 0 Å². The quantitative estimate of drug-likeness (QED) is 0.770. The van der Waals surface area contributed by atoms with Gasteiger partial charge >= 0.3 is 0 Å². The molecule has 24 heavy (non-hydrogen) atoms. The summed E-state index contributed by atoms with van der Waals surface area (Å²) in [6.45, 7) is 10.1. The molecule has 0 heterocycles. The van der Waals surface area contributed by atoms with Gasteiger partial charge in [-0.3, -0.25) is 14.5 Å². The molecular weight excluding hydrogens is 302 g/mol. The van der Waals surface area contributed by atoms with Crippen LogP contribution in [0.15, 0.2) is 24.3 Å². The number of rotatable bonds is 8. The van der Waals surface area contributed by atoms with Gasteiger partial charge in [0.2, 0.25) is 5.91 Å². The van der Waals surface area contributed by atoms with Crippen LogP contribution in [0.4, 0.5) is 5.69 Å². The Kier molecular flexibility index (Phi) is 6.37. The first-order valence-corrected chi connectivity index (χ1v) is 8.83. The number of carbonyl (C=O) groups excluding carboxylic acids is 2. The first-order chi connectivity index (χ1) is 11.4. The molecule has 0 atom stereocenters. The lowest BCUT2D eigenvalue weighted by molar-refractivity contribution is -0.117. The van der Waals surface area contributed by atoms with Gasteiger partial charge in [0.25, 0.3) is 5.91 Å². The molecule has 2 N–H and O–H groups in total. The van der Waals surface area contributed by atoms with E-state index in [1.807, 2.05) is 6.07 Å². The highest BCUT2D eigenvalue weighted by molar-refractivity contribution is 5.98. The van der Waals surface area contributed by atoms with E-state index in [1.54, 1.807) is 18.2 Å². The van der Waals surface area contributed by atoms with Crippen molar-refractivity contribution in [3.05, 3.63) is 29.8 Å². The third-order valence-corrected chi connectivity index (χ3v) is 4.32. The van der Waals surface area contributed by atoms with Crippen molar-refractivity contribution < 1.29 is 9.59 Å². The van der Waals surface area contributed by atoms with Crippen LogP contribution in [0.3, 0.4) is 0 Å². The van der Waals surface area contributed by atoms with Crippen LogP contribution in [0.2, 0.25) is 0 Å². The van der Waals surface area contributed by atoms with E-state index in [0.29, 0.717) is 29.9 Å². The van der Waals surface area contributed by atoms with Crippen LogP contribution in [0.25, 0.3) is 0 Å². The topological polar surface area (TPSA) is 61.4 Å². The Balaban J connectivity index is 1.86. The molecule has 5 nitrogen and oxygen atoms in total. The van der Waals surface area contributed by atoms with E-state index < -0.39 is 0 Å². The molecule has 1 aromatic carbocycles. The molecule has 1 fully saturated rings. The van der Waals surface area contributed by atoms with Crippen molar-refractivity contribution in [2.45, 2.75) is 52.6 Å². The highest BCUT2D eigenvalue weighted by atomic mass is 16.2. The Morgan fingerprint density at radius 3 is 2.42 bits per heavy atom. The number of amides is 2. The second-order valence-electron chi connectivity index (χ2n) is 7.03. The highest BCUT2D eigenvalue weighted by Gasteiger charge is 2.29. The molecule has 1 aliphatic rings. The van der Waals surface area contributed by atoms with Gasteiger partial charge < -0.3 is 10.6 Å². The third kappa shape index (κ3) is 5.34. The molecule has 2 amide bonds. The Morgan fingerprint density at radius 1 is 1.17 bits per heavy atom. The molecule has 2 rings (SSSR count). The van der Waals surface area contributed by atoms with Crippen LogP contribution in [0, 0.1) is 5.92 Å². The maximum absolute atomic E-state index is 12.3. The minimum Gasteiger partial charge on any atom is -0.351 e. The number of nitrogens with one attached hydrogen (secondary N) is 2. The van der Waals surface area contributed by atoms with E-state index in [-0.39, 0.29) is 17.7 Å². The second-order valence-corrected chi connectivity index (χ2v) is 7.03. The number of benzene rings is 1. The fourth-order valence-corrected chi connectivity index (χ4v) is 2.84. The molecule has 0 aliphatic heterocycles. The summed E-state index contributed by atoms with van der Waals surface area (Å²) in [6, 6.07) is 8.01. The summed E-state index contributed by atoms with van der Waals surface area (Å²) >= 11 is 0. The van der Waals surface area contributed by atoms with E-state index in [9.17, 15) is 9.59 Å². The summed E-state index contributed by atoms with van der Waals surface area (Å²) in [4.78, 5) is 26.5. The van der Waals surface area contributed by atoms with Gasteiger partial charge in [-0.1, -0.05) is 6.07 Å². The lowest BCUT2D eigenvalue weighted by Gasteiger charge is -2.30. The molecule has 5 heteroatoms. The Hall–Kier alpha value is -1.88. The molecule has 1 saturated carbocycles. The number of nitrogens with zero attached hydrogens (tertiary/aromatic N) is 1. The van der Waals surface area contributed by atoms with Crippen molar-refractivity contribution in [2.75, 3.05) is 18.4 Å². The lowest BCUT2D eigenvalue weighted by Crippen LogP contribution is -2.42. The smallest absolute Gasteiger partial charge is 0.251 e. The molecule has 0 spiro atoms. The van der Waals surface area contributed by atoms with Crippen LogP contribution in [0.1, 0.15) is 50.9 Å². The minimum absolute atomic E-state index is 0.0528. The molecule has 0 bridgehead atoms. The van der Waals surface area contributed by atoms with Crippen molar-refractivity contribution in [1.82, 2.24) is 10.2 Å². The van der Waals surface area contributed by atoms with Crippen LogP contribution < -0.4 is 10.6 Å². The maximum Gasteiger partial charge on any atom is 0.251 e. The number of carbonyl (C=O) groups is 2. The van der Waals surface area contributed by atoms with E-state index in [0.717, 1.165) is 19.4 Å². The number of hydrogen-bond acceptors (Lipinski definition) is 3. The van der Waals surface area contributed by atoms with Crippen LogP contribution in [0.5, 0.6) is 0 Å². The van der Waals surface area contributed by atoms with Gasteiger partial charge in [0.05, 0.1) is 0 Å². The third-order valence-electron chi connectivity index (χ3n) is 4.32. The highest BCUT2D eigenvalue weighted by Crippen LogP contribution is 2.30. The van der Waals surface area contributed by atoms with Crippen molar-refractivity contribution in [2.24, 2.45) is 5.92 Å². The van der Waals surface area contributed by atoms with Gasteiger partial charge in [0.15, 0.2) is 0 Å². The van der Waals surface area contributed by atoms with Crippen LogP contribution in [-0.4, -0.2) is 41.9 Å². The number of anilines is 1. The molecule has 1 aromatic rings. The van der Waals surface area contributed by atoms with E-state index >= 15 is 0 Å². The standard InChI is InChI=1S/C19H29N3O2/c1-13(2)22(14(3)4)11-10-20-18(23)16-6-5-7-17(12-16)21-19(24)15-8-9-15/h5-7,12-15H,8-11H2,1-4H3,(H,20,23)(H,21,24). The van der Waals surface area contributed by atoms with Crippen molar-refractivity contribution in [1.29, 1.82) is 0 Å². The monoisotopic (exact) mass is 331 g/mol. The van der Waals surface area contributed by atoms with Crippen LogP contribution >= 0.6 is 0 Å². The Bertz CT molecular complexity index is 572. The Labute approximate surface area is 144 Å². The van der Waals surface area contributed by atoms with Gasteiger partial charge in [-0.25, -0.2) is 0 Å². The first-order valence-electron chi connectivity index (χ1n) is 8.83. The summed E-state index contributed by atoms with van der Waals surface area (Å²) < 4.78 is 0. The molecule has 0 radical (unpaired) electrons. The molecule has 132 valence electrons. The summed E-state index contributed by atoms with van der Waals surface area (Å²) in [6.07, 6.45) is 1.93. The molecular formula is C19H29N3O2. The summed E-state index contributed by atoms with van der Waals surface area (Å²) in [5.74, 6) is 0.0996. The summed E-state index contributed by atoms with van der Waals surface area (Å²) in [5, 5.41) is 5.84. The fourth-order valence-electron chi connectivity index (χ4n) is 2.84. The van der Waals surface area contributed by atoms with Gasteiger partial charge in [-0.15, -0.1) is 0 Å². The van der Waals surface area contributed by atoms with Gasteiger partial charge in [-0.05, 0) is 58.7 Å². The van der Waals surface area contributed by atoms with Crippen LogP contribution in [-0.2, 0) is 4.79 Å². The maximum atomic E-state index is 12.3. The van der Waals surface area contributed by atoms with Gasteiger partial charge in [-0.2, -0.15) is 0 Å². The molecule has 0 saturated heterocycles. The average molecular weight is 331 g/mol. The normalized spacial score (nSPS) is 14.3.